The highest BCUT2D eigenvalue weighted by molar-refractivity contribution is 6.05. The number of ether oxygens (including phenoxy) is 1. The zero-order valence-corrected chi connectivity index (χ0v) is 11.8. The van der Waals surface area contributed by atoms with Gasteiger partial charge < -0.3 is 20.9 Å². The number of carbonyl (C=O) groups excluding carboxylic acids is 1. The minimum absolute atomic E-state index is 0.140. The van der Waals surface area contributed by atoms with Crippen LogP contribution in [0.5, 0.6) is 11.5 Å². The van der Waals surface area contributed by atoms with Crippen LogP contribution in [0.25, 0.3) is 0 Å². The van der Waals surface area contributed by atoms with Crippen LogP contribution in [-0.2, 0) is 0 Å². The van der Waals surface area contributed by atoms with E-state index in [9.17, 15) is 9.90 Å². The number of amides is 1. The molecule has 0 aliphatic carbocycles. The number of aryl methyl sites for hydroxylation is 1. The van der Waals surface area contributed by atoms with Crippen LogP contribution in [-0.4, -0.2) is 24.2 Å². The molecule has 1 amide bonds. The van der Waals surface area contributed by atoms with Gasteiger partial charge in [-0.1, -0.05) is 6.07 Å². The second-order valence-electron chi connectivity index (χ2n) is 4.62. The van der Waals surface area contributed by atoms with Gasteiger partial charge in [-0.05, 0) is 42.8 Å². The molecule has 110 valence electrons. The number of aromatic hydroxyl groups is 1. The first-order chi connectivity index (χ1) is 10.1. The topological polar surface area (TPSA) is 84.6 Å². The largest absolute Gasteiger partial charge is 0.508 e. The molecular weight excluding hydrogens is 268 g/mol. The van der Waals surface area contributed by atoms with E-state index in [0.29, 0.717) is 35.7 Å². The molecule has 5 nitrogen and oxygen atoms in total. The van der Waals surface area contributed by atoms with E-state index in [0.717, 1.165) is 0 Å². The molecule has 21 heavy (non-hydrogen) atoms. The Bertz CT molecular complexity index is 641. The van der Waals surface area contributed by atoms with Gasteiger partial charge in [-0.2, -0.15) is 0 Å². The Hall–Kier alpha value is -2.53. The van der Waals surface area contributed by atoms with Crippen molar-refractivity contribution < 1.29 is 14.6 Å². The number of anilines is 1. The van der Waals surface area contributed by atoms with Gasteiger partial charge in [-0.25, -0.2) is 0 Å². The average molecular weight is 286 g/mol. The van der Waals surface area contributed by atoms with Crippen LogP contribution in [0.4, 0.5) is 5.69 Å². The Morgan fingerprint density at radius 3 is 2.81 bits per heavy atom. The van der Waals surface area contributed by atoms with E-state index in [2.05, 4.69) is 5.32 Å². The second kappa shape index (κ2) is 6.76. The lowest BCUT2D eigenvalue weighted by Crippen LogP contribution is -2.14. The summed E-state index contributed by atoms with van der Waals surface area (Å²) >= 11 is 0. The van der Waals surface area contributed by atoms with Gasteiger partial charge in [0.2, 0.25) is 0 Å². The molecule has 0 unspecified atom stereocenters. The number of nitrogens with two attached hydrogens (primary N) is 1. The molecule has 0 aromatic heterocycles. The van der Waals surface area contributed by atoms with Gasteiger partial charge >= 0.3 is 0 Å². The van der Waals surface area contributed by atoms with E-state index < -0.39 is 0 Å². The summed E-state index contributed by atoms with van der Waals surface area (Å²) in [5.74, 6) is 0.561. The van der Waals surface area contributed by atoms with Crippen molar-refractivity contribution >= 4 is 11.6 Å². The molecule has 0 atom stereocenters. The maximum Gasteiger partial charge on any atom is 0.255 e. The minimum Gasteiger partial charge on any atom is -0.508 e. The van der Waals surface area contributed by atoms with Gasteiger partial charge in [-0.3, -0.25) is 4.79 Å². The van der Waals surface area contributed by atoms with E-state index >= 15 is 0 Å². The van der Waals surface area contributed by atoms with Crippen molar-refractivity contribution in [2.45, 2.75) is 6.92 Å². The molecule has 5 heteroatoms. The smallest absolute Gasteiger partial charge is 0.255 e. The van der Waals surface area contributed by atoms with Gasteiger partial charge in [0.15, 0.2) is 0 Å². The Morgan fingerprint density at radius 1 is 1.29 bits per heavy atom. The van der Waals surface area contributed by atoms with Gasteiger partial charge in [0, 0.05) is 23.9 Å². The van der Waals surface area contributed by atoms with Crippen LogP contribution in [0.2, 0.25) is 0 Å². The fourth-order valence-corrected chi connectivity index (χ4v) is 1.94. The monoisotopic (exact) mass is 286 g/mol. The van der Waals surface area contributed by atoms with Crippen molar-refractivity contribution in [2.24, 2.45) is 5.73 Å². The molecule has 0 saturated heterocycles. The molecule has 0 heterocycles. The number of hydrogen-bond donors (Lipinski definition) is 3. The molecule has 0 spiro atoms. The number of phenols is 1. The first-order valence-electron chi connectivity index (χ1n) is 6.64. The molecule has 2 aromatic rings. The Balaban J connectivity index is 2.12. The summed E-state index contributed by atoms with van der Waals surface area (Å²) in [5, 5.41) is 12.2. The van der Waals surface area contributed by atoms with Crippen molar-refractivity contribution in [3.05, 3.63) is 53.6 Å². The fourth-order valence-electron chi connectivity index (χ4n) is 1.94. The highest BCUT2D eigenvalue weighted by Crippen LogP contribution is 2.20. The first kappa shape index (κ1) is 14.9. The number of carbonyl (C=O) groups is 1. The summed E-state index contributed by atoms with van der Waals surface area (Å²) < 4.78 is 5.41. The van der Waals surface area contributed by atoms with Crippen LogP contribution in [0.1, 0.15) is 15.9 Å². The fraction of sp³-hybridized carbons (Fsp3) is 0.188. The lowest BCUT2D eigenvalue weighted by molar-refractivity contribution is 0.102. The quantitative estimate of drug-likeness (QED) is 0.787. The zero-order chi connectivity index (χ0) is 15.2. The molecule has 0 fully saturated rings. The van der Waals surface area contributed by atoms with E-state index in [4.69, 9.17) is 10.5 Å². The Morgan fingerprint density at radius 2 is 2.10 bits per heavy atom. The van der Waals surface area contributed by atoms with Gasteiger partial charge in [0.05, 0.1) is 0 Å². The third-order valence-electron chi connectivity index (χ3n) is 2.93. The predicted octanol–water partition coefficient (Wildman–Crippen LogP) is 2.29. The molecule has 0 aliphatic rings. The lowest BCUT2D eigenvalue weighted by Gasteiger charge is -2.10. The maximum absolute atomic E-state index is 12.2. The summed E-state index contributed by atoms with van der Waals surface area (Å²) in [7, 11) is 0. The predicted molar refractivity (Wildman–Crippen MR) is 81.8 cm³/mol. The third kappa shape index (κ3) is 3.97. The lowest BCUT2D eigenvalue weighted by atomic mass is 10.1. The molecular formula is C16H18N2O3. The van der Waals surface area contributed by atoms with Gasteiger partial charge in [-0.15, -0.1) is 0 Å². The summed E-state index contributed by atoms with van der Waals surface area (Å²) in [6, 6.07) is 11.8. The van der Waals surface area contributed by atoms with Crippen LogP contribution in [0.15, 0.2) is 42.5 Å². The molecule has 2 rings (SSSR count). The molecule has 0 radical (unpaired) electrons. The average Bonchev–Trinajstić information content (AvgIpc) is 2.45. The van der Waals surface area contributed by atoms with Gasteiger partial charge in [0.25, 0.3) is 5.91 Å². The Kier molecular flexibility index (Phi) is 4.79. The molecule has 0 saturated carbocycles. The van der Waals surface area contributed by atoms with Crippen LogP contribution >= 0.6 is 0 Å². The van der Waals surface area contributed by atoms with Crippen LogP contribution in [0.3, 0.4) is 0 Å². The highest BCUT2D eigenvalue weighted by Gasteiger charge is 2.10. The van der Waals surface area contributed by atoms with Crippen molar-refractivity contribution in [3.63, 3.8) is 0 Å². The molecule has 2 aromatic carbocycles. The number of nitrogens with one attached hydrogen (secondary N) is 1. The first-order valence-corrected chi connectivity index (χ1v) is 6.64. The van der Waals surface area contributed by atoms with E-state index in [1.807, 2.05) is 0 Å². The molecule has 4 N–H and O–H groups in total. The normalized spacial score (nSPS) is 10.2. The van der Waals surface area contributed by atoms with Crippen molar-refractivity contribution in [3.8, 4) is 11.5 Å². The summed E-state index contributed by atoms with van der Waals surface area (Å²) in [4.78, 5) is 12.2. The Labute approximate surface area is 123 Å². The number of rotatable bonds is 5. The zero-order valence-electron chi connectivity index (χ0n) is 11.8. The maximum atomic E-state index is 12.2. The van der Waals surface area contributed by atoms with Crippen molar-refractivity contribution in [1.82, 2.24) is 0 Å². The van der Waals surface area contributed by atoms with E-state index in [-0.39, 0.29) is 11.7 Å². The van der Waals surface area contributed by atoms with E-state index in [1.54, 1.807) is 43.3 Å². The molecule has 0 aliphatic heterocycles. The summed E-state index contributed by atoms with van der Waals surface area (Å²) in [5.41, 5.74) is 7.25. The SMILES string of the molecule is Cc1cc(O)ccc1C(=O)Nc1cccc(OCCN)c1. The summed E-state index contributed by atoms with van der Waals surface area (Å²) in [6.07, 6.45) is 0. The standard InChI is InChI=1S/C16H18N2O3/c1-11-9-13(19)5-6-15(11)16(20)18-12-3-2-4-14(10-12)21-8-7-17/h2-6,9-10,19H,7-8,17H2,1H3,(H,18,20). The second-order valence-corrected chi connectivity index (χ2v) is 4.62. The minimum atomic E-state index is -0.233. The highest BCUT2D eigenvalue weighted by atomic mass is 16.5. The van der Waals surface area contributed by atoms with Crippen LogP contribution < -0.4 is 15.8 Å². The molecule has 0 bridgehead atoms. The number of phenolic OH excluding ortho intramolecular Hbond substituents is 1. The van der Waals surface area contributed by atoms with Crippen molar-refractivity contribution in [1.29, 1.82) is 0 Å². The number of benzene rings is 2. The summed E-state index contributed by atoms with van der Waals surface area (Å²) in [6.45, 7) is 2.63. The van der Waals surface area contributed by atoms with E-state index in [1.165, 1.54) is 6.07 Å². The van der Waals surface area contributed by atoms with Gasteiger partial charge in [0.1, 0.15) is 18.1 Å². The van der Waals surface area contributed by atoms with Crippen LogP contribution in [0, 0.1) is 6.92 Å². The van der Waals surface area contributed by atoms with Crippen molar-refractivity contribution in [2.75, 3.05) is 18.5 Å². The number of hydrogen-bond acceptors (Lipinski definition) is 4. The third-order valence-corrected chi connectivity index (χ3v) is 2.93.